The molecule has 2 amide bonds. The van der Waals surface area contributed by atoms with E-state index in [1.54, 1.807) is 7.11 Å². The number of aliphatic carboxylic acids is 1. The fourth-order valence-electron chi connectivity index (χ4n) is 2.38. The van der Waals surface area contributed by atoms with E-state index >= 15 is 0 Å². The van der Waals surface area contributed by atoms with Crippen LogP contribution in [0.15, 0.2) is 24.3 Å². The molecule has 1 aromatic rings. The van der Waals surface area contributed by atoms with Crippen molar-refractivity contribution < 1.29 is 24.2 Å². The van der Waals surface area contributed by atoms with E-state index in [1.807, 2.05) is 24.3 Å². The maximum Gasteiger partial charge on any atom is 0.326 e. The molecule has 1 aliphatic rings. The molecule has 0 aliphatic heterocycles. The van der Waals surface area contributed by atoms with Gasteiger partial charge in [-0.25, -0.2) is 4.79 Å². The largest absolute Gasteiger partial charge is 0.497 e. The van der Waals surface area contributed by atoms with Crippen LogP contribution in [-0.2, 0) is 14.4 Å². The number of primary amides is 1. The highest BCUT2D eigenvalue weighted by molar-refractivity contribution is 5.90. The standard InChI is InChI=1S/C15H18N2O5/c1-22-9-4-2-8(3-5-9)10-6-11(10)14(19)17-12(15(20)21)7-13(16)18/h2-5,10-12H,6-7H2,1H3,(H2,16,18)(H,17,19)(H,20,21). The Labute approximate surface area is 127 Å². The molecule has 1 fully saturated rings. The van der Waals surface area contributed by atoms with Crippen molar-refractivity contribution in [3.05, 3.63) is 29.8 Å². The highest BCUT2D eigenvalue weighted by atomic mass is 16.5. The first kappa shape index (κ1) is 15.8. The van der Waals surface area contributed by atoms with Gasteiger partial charge in [-0.05, 0) is 30.0 Å². The Morgan fingerprint density at radius 3 is 2.50 bits per heavy atom. The van der Waals surface area contributed by atoms with Crippen LogP contribution in [0, 0.1) is 5.92 Å². The molecule has 0 aromatic heterocycles. The first-order valence-electron chi connectivity index (χ1n) is 6.87. The minimum atomic E-state index is -1.28. The number of carboxylic acids is 1. The van der Waals surface area contributed by atoms with Crippen molar-refractivity contribution in [2.24, 2.45) is 11.7 Å². The van der Waals surface area contributed by atoms with Gasteiger partial charge in [-0.3, -0.25) is 9.59 Å². The molecule has 0 spiro atoms. The third kappa shape index (κ3) is 3.75. The topological polar surface area (TPSA) is 119 Å². The molecule has 3 atom stereocenters. The zero-order valence-corrected chi connectivity index (χ0v) is 12.1. The lowest BCUT2D eigenvalue weighted by Crippen LogP contribution is -2.44. The lowest BCUT2D eigenvalue weighted by atomic mass is 10.1. The predicted octanol–water partition coefficient (Wildman–Crippen LogP) is 0.244. The van der Waals surface area contributed by atoms with Gasteiger partial charge >= 0.3 is 5.97 Å². The SMILES string of the molecule is COc1ccc(C2CC2C(=O)NC(CC(N)=O)C(=O)O)cc1. The maximum atomic E-state index is 12.1. The fourth-order valence-corrected chi connectivity index (χ4v) is 2.38. The van der Waals surface area contributed by atoms with Crippen molar-refractivity contribution in [1.29, 1.82) is 0 Å². The molecular weight excluding hydrogens is 288 g/mol. The third-order valence-corrected chi connectivity index (χ3v) is 3.69. The summed E-state index contributed by atoms with van der Waals surface area (Å²) in [5.74, 6) is -1.88. The molecule has 0 saturated heterocycles. The van der Waals surface area contributed by atoms with Gasteiger partial charge in [-0.15, -0.1) is 0 Å². The molecule has 3 unspecified atom stereocenters. The van der Waals surface area contributed by atoms with Gasteiger partial charge in [0.25, 0.3) is 0 Å². The number of carbonyl (C=O) groups excluding carboxylic acids is 2. The predicted molar refractivity (Wildman–Crippen MR) is 77.2 cm³/mol. The van der Waals surface area contributed by atoms with Crippen molar-refractivity contribution in [2.45, 2.75) is 24.8 Å². The number of hydrogen-bond acceptors (Lipinski definition) is 4. The van der Waals surface area contributed by atoms with Crippen molar-refractivity contribution in [3.8, 4) is 5.75 Å². The number of benzene rings is 1. The molecule has 0 heterocycles. The Morgan fingerprint density at radius 1 is 1.36 bits per heavy atom. The van der Waals surface area contributed by atoms with Gasteiger partial charge in [0, 0.05) is 5.92 Å². The lowest BCUT2D eigenvalue weighted by Gasteiger charge is -2.12. The summed E-state index contributed by atoms with van der Waals surface area (Å²) >= 11 is 0. The summed E-state index contributed by atoms with van der Waals surface area (Å²) < 4.78 is 5.07. The van der Waals surface area contributed by atoms with Crippen molar-refractivity contribution in [1.82, 2.24) is 5.32 Å². The van der Waals surface area contributed by atoms with Gasteiger partial charge in [0.05, 0.1) is 13.5 Å². The number of carbonyl (C=O) groups is 3. The van der Waals surface area contributed by atoms with Gasteiger partial charge in [0.1, 0.15) is 11.8 Å². The number of ether oxygens (including phenoxy) is 1. The number of carboxylic acid groups (broad SMARTS) is 1. The summed E-state index contributed by atoms with van der Waals surface area (Å²) in [7, 11) is 1.58. The van der Waals surface area contributed by atoms with Crippen LogP contribution in [0.3, 0.4) is 0 Å². The maximum absolute atomic E-state index is 12.1. The zero-order chi connectivity index (χ0) is 16.3. The van der Waals surface area contributed by atoms with Gasteiger partial charge in [0.2, 0.25) is 11.8 Å². The highest BCUT2D eigenvalue weighted by Gasteiger charge is 2.44. The normalized spacial score (nSPS) is 20.8. The van der Waals surface area contributed by atoms with Crippen LogP contribution < -0.4 is 15.8 Å². The Kier molecular flexibility index (Phi) is 4.65. The van der Waals surface area contributed by atoms with Gasteiger partial charge in [-0.2, -0.15) is 0 Å². The second kappa shape index (κ2) is 6.46. The van der Waals surface area contributed by atoms with Gasteiger partial charge in [0.15, 0.2) is 0 Å². The molecule has 7 nitrogen and oxygen atoms in total. The molecule has 7 heteroatoms. The molecule has 0 bridgehead atoms. The molecule has 4 N–H and O–H groups in total. The van der Waals surface area contributed by atoms with Crippen molar-refractivity contribution in [2.75, 3.05) is 7.11 Å². The average Bonchev–Trinajstić information content (AvgIpc) is 3.26. The quantitative estimate of drug-likeness (QED) is 0.667. The minimum absolute atomic E-state index is 0.0638. The average molecular weight is 306 g/mol. The van der Waals surface area contributed by atoms with Gasteiger partial charge < -0.3 is 20.9 Å². The summed E-state index contributed by atoms with van der Waals surface area (Å²) in [5, 5.41) is 11.3. The number of methoxy groups -OCH3 is 1. The van der Waals surface area contributed by atoms with E-state index in [-0.39, 0.29) is 17.7 Å². The van der Waals surface area contributed by atoms with Crippen molar-refractivity contribution in [3.63, 3.8) is 0 Å². The molecule has 0 radical (unpaired) electrons. The Hall–Kier alpha value is -2.57. The summed E-state index contributed by atoms with van der Waals surface area (Å²) in [6.45, 7) is 0. The van der Waals surface area contributed by atoms with E-state index in [1.165, 1.54) is 0 Å². The zero-order valence-electron chi connectivity index (χ0n) is 12.1. The monoisotopic (exact) mass is 306 g/mol. The van der Waals surface area contributed by atoms with E-state index in [4.69, 9.17) is 15.6 Å². The van der Waals surface area contributed by atoms with Crippen LogP contribution in [0.25, 0.3) is 0 Å². The number of amides is 2. The summed E-state index contributed by atoms with van der Waals surface area (Å²) in [4.78, 5) is 33.9. The molecule has 118 valence electrons. The smallest absolute Gasteiger partial charge is 0.326 e. The van der Waals surface area contributed by atoms with Crippen molar-refractivity contribution >= 4 is 17.8 Å². The Balaban J connectivity index is 1.94. The van der Waals surface area contributed by atoms with Crippen LogP contribution in [0.1, 0.15) is 24.3 Å². The minimum Gasteiger partial charge on any atom is -0.497 e. The van der Waals surface area contributed by atoms with Crippen LogP contribution in [-0.4, -0.2) is 36.0 Å². The van der Waals surface area contributed by atoms with E-state index < -0.39 is 24.3 Å². The molecule has 1 aliphatic carbocycles. The summed E-state index contributed by atoms with van der Waals surface area (Å²) in [6, 6.07) is 6.12. The second-order valence-corrected chi connectivity index (χ2v) is 5.29. The number of rotatable bonds is 7. The molecule has 22 heavy (non-hydrogen) atoms. The van der Waals surface area contributed by atoms with Crippen LogP contribution >= 0.6 is 0 Å². The van der Waals surface area contributed by atoms with E-state index in [2.05, 4.69) is 5.32 Å². The van der Waals surface area contributed by atoms with Gasteiger partial charge in [-0.1, -0.05) is 12.1 Å². The van der Waals surface area contributed by atoms with Crippen LogP contribution in [0.4, 0.5) is 0 Å². The molecule has 1 saturated carbocycles. The summed E-state index contributed by atoms with van der Waals surface area (Å²) in [6.07, 6.45) is 0.238. The number of nitrogens with one attached hydrogen (secondary N) is 1. The number of hydrogen-bond donors (Lipinski definition) is 3. The fraction of sp³-hybridized carbons (Fsp3) is 0.400. The lowest BCUT2D eigenvalue weighted by molar-refractivity contribution is -0.143. The Morgan fingerprint density at radius 2 is 2.00 bits per heavy atom. The highest BCUT2D eigenvalue weighted by Crippen LogP contribution is 2.47. The van der Waals surface area contributed by atoms with E-state index in [9.17, 15) is 14.4 Å². The summed E-state index contributed by atoms with van der Waals surface area (Å²) in [5.41, 5.74) is 5.98. The number of nitrogens with two attached hydrogens (primary N) is 1. The Bertz CT molecular complexity index is 584. The molecule has 1 aromatic carbocycles. The van der Waals surface area contributed by atoms with Crippen LogP contribution in [0.2, 0.25) is 0 Å². The second-order valence-electron chi connectivity index (χ2n) is 5.29. The molecule has 2 rings (SSSR count). The van der Waals surface area contributed by atoms with Crippen LogP contribution in [0.5, 0.6) is 5.75 Å². The van der Waals surface area contributed by atoms with E-state index in [0.29, 0.717) is 6.42 Å². The third-order valence-electron chi connectivity index (χ3n) is 3.69. The first-order valence-corrected chi connectivity index (χ1v) is 6.87. The molecular formula is C15H18N2O5. The first-order chi connectivity index (χ1) is 10.4. The van der Waals surface area contributed by atoms with E-state index in [0.717, 1.165) is 11.3 Å².